The van der Waals surface area contributed by atoms with E-state index in [0.29, 0.717) is 0 Å². The molecule has 15 heavy (non-hydrogen) atoms. The molecule has 0 saturated carbocycles. The van der Waals surface area contributed by atoms with Crippen LogP contribution in [0.5, 0.6) is 0 Å². The van der Waals surface area contributed by atoms with Gasteiger partial charge in [-0.25, -0.2) is 0 Å². The third-order valence-corrected chi connectivity index (χ3v) is 1.74. The Morgan fingerprint density at radius 1 is 1.27 bits per heavy atom. The van der Waals surface area contributed by atoms with Gasteiger partial charge in [0, 0.05) is 5.92 Å². The molecular formula is C11H21NO3. The first-order chi connectivity index (χ1) is 6.63. The van der Waals surface area contributed by atoms with E-state index in [4.69, 9.17) is 10.5 Å². The number of esters is 1. The van der Waals surface area contributed by atoms with E-state index < -0.39 is 17.6 Å². The van der Waals surface area contributed by atoms with Gasteiger partial charge in [-0.2, -0.15) is 0 Å². The quantitative estimate of drug-likeness (QED) is 0.717. The average Bonchev–Trinajstić information content (AvgIpc) is 1.98. The Labute approximate surface area is 91.2 Å². The molecule has 0 radical (unpaired) electrons. The molecule has 0 fully saturated rings. The van der Waals surface area contributed by atoms with Crippen LogP contribution in [0.4, 0.5) is 0 Å². The van der Waals surface area contributed by atoms with E-state index in [0.717, 1.165) is 0 Å². The monoisotopic (exact) mass is 215 g/mol. The largest absolute Gasteiger partial charge is 0.460 e. The summed E-state index contributed by atoms with van der Waals surface area (Å²) in [5, 5.41) is 0. The van der Waals surface area contributed by atoms with E-state index in [-0.39, 0.29) is 18.1 Å². The van der Waals surface area contributed by atoms with Gasteiger partial charge in [0.25, 0.3) is 0 Å². The summed E-state index contributed by atoms with van der Waals surface area (Å²) in [7, 11) is 0. The fraction of sp³-hybridized carbons (Fsp3) is 0.818. The molecule has 88 valence electrons. The van der Waals surface area contributed by atoms with Crippen LogP contribution in [0.1, 0.15) is 41.0 Å². The van der Waals surface area contributed by atoms with Crippen molar-refractivity contribution in [2.24, 2.45) is 11.7 Å². The molecule has 4 nitrogen and oxygen atoms in total. The molecule has 0 spiro atoms. The summed E-state index contributed by atoms with van der Waals surface area (Å²) < 4.78 is 5.07. The van der Waals surface area contributed by atoms with Gasteiger partial charge in [-0.1, -0.05) is 13.8 Å². The maximum absolute atomic E-state index is 11.4. The highest BCUT2D eigenvalue weighted by molar-refractivity contribution is 5.89. The molecule has 0 bridgehead atoms. The summed E-state index contributed by atoms with van der Waals surface area (Å²) in [6.45, 7) is 8.86. The van der Waals surface area contributed by atoms with Crippen LogP contribution in [-0.2, 0) is 14.3 Å². The zero-order valence-corrected chi connectivity index (χ0v) is 10.2. The molecule has 0 aliphatic carbocycles. The molecule has 0 aliphatic heterocycles. The maximum atomic E-state index is 11.4. The van der Waals surface area contributed by atoms with Crippen LogP contribution in [-0.4, -0.2) is 23.4 Å². The molecule has 4 heteroatoms. The number of hydrogen-bond acceptors (Lipinski definition) is 4. The minimum atomic E-state index is -0.750. The van der Waals surface area contributed by atoms with Gasteiger partial charge < -0.3 is 10.5 Å². The van der Waals surface area contributed by atoms with E-state index >= 15 is 0 Å². The number of ketones is 1. The Morgan fingerprint density at radius 2 is 1.73 bits per heavy atom. The summed E-state index contributed by atoms with van der Waals surface area (Å²) in [6.07, 6.45) is -0.0473. The summed E-state index contributed by atoms with van der Waals surface area (Å²) >= 11 is 0. The lowest BCUT2D eigenvalue weighted by Gasteiger charge is -2.21. The number of nitrogens with two attached hydrogens (primary N) is 1. The molecule has 1 atom stereocenters. The Kier molecular flexibility index (Phi) is 4.94. The lowest BCUT2D eigenvalue weighted by Crippen LogP contribution is -2.37. The third kappa shape index (κ3) is 6.23. The molecular weight excluding hydrogens is 194 g/mol. The van der Waals surface area contributed by atoms with Gasteiger partial charge in [-0.05, 0) is 20.8 Å². The molecule has 0 aromatic carbocycles. The van der Waals surface area contributed by atoms with Gasteiger partial charge in [0.2, 0.25) is 0 Å². The molecule has 0 aliphatic rings. The van der Waals surface area contributed by atoms with E-state index in [2.05, 4.69) is 0 Å². The summed E-state index contributed by atoms with van der Waals surface area (Å²) in [5.41, 5.74) is 5.06. The van der Waals surface area contributed by atoms with E-state index in [9.17, 15) is 9.59 Å². The summed E-state index contributed by atoms with van der Waals surface area (Å²) in [6, 6.07) is -0.750. The van der Waals surface area contributed by atoms with Crippen LogP contribution in [0.15, 0.2) is 0 Å². The van der Waals surface area contributed by atoms with Gasteiger partial charge in [-0.3, -0.25) is 9.59 Å². The van der Waals surface area contributed by atoms with Crippen molar-refractivity contribution in [1.29, 1.82) is 0 Å². The number of hydrogen-bond donors (Lipinski definition) is 1. The fourth-order valence-electron chi connectivity index (χ4n) is 1.09. The first kappa shape index (κ1) is 14.1. The van der Waals surface area contributed by atoms with Crippen molar-refractivity contribution in [3.63, 3.8) is 0 Å². The molecule has 0 aromatic rings. The minimum Gasteiger partial charge on any atom is -0.460 e. The zero-order chi connectivity index (χ0) is 12.2. The second-order valence-electron chi connectivity index (χ2n) is 4.95. The Morgan fingerprint density at radius 3 is 2.07 bits per heavy atom. The van der Waals surface area contributed by atoms with E-state index in [1.165, 1.54) is 0 Å². The lowest BCUT2D eigenvalue weighted by atomic mass is 10.0. The van der Waals surface area contributed by atoms with Crippen LogP contribution in [0.25, 0.3) is 0 Å². The van der Waals surface area contributed by atoms with E-state index in [1.54, 1.807) is 34.6 Å². The van der Waals surface area contributed by atoms with Crippen LogP contribution in [0.2, 0.25) is 0 Å². The van der Waals surface area contributed by atoms with Gasteiger partial charge in [0.05, 0.1) is 12.5 Å². The smallest absolute Gasteiger partial charge is 0.308 e. The first-order valence-electron chi connectivity index (χ1n) is 5.14. The predicted octanol–water partition coefficient (Wildman–Crippen LogP) is 1.27. The second kappa shape index (κ2) is 5.26. The number of carbonyl (C=O) groups is 2. The van der Waals surface area contributed by atoms with Gasteiger partial charge >= 0.3 is 5.97 Å². The predicted molar refractivity (Wildman–Crippen MR) is 58.3 cm³/mol. The Hall–Kier alpha value is -0.900. The van der Waals surface area contributed by atoms with Crippen LogP contribution in [0.3, 0.4) is 0 Å². The highest BCUT2D eigenvalue weighted by atomic mass is 16.6. The second-order valence-corrected chi connectivity index (χ2v) is 4.95. The molecule has 0 rings (SSSR count). The highest BCUT2D eigenvalue weighted by Gasteiger charge is 2.23. The summed E-state index contributed by atoms with van der Waals surface area (Å²) in [5.74, 6) is -0.688. The average molecular weight is 215 g/mol. The van der Waals surface area contributed by atoms with Gasteiger partial charge in [0.15, 0.2) is 5.78 Å². The minimum absolute atomic E-state index is 0.0473. The van der Waals surface area contributed by atoms with Gasteiger partial charge in [0.1, 0.15) is 5.60 Å². The van der Waals surface area contributed by atoms with E-state index in [1.807, 2.05) is 0 Å². The van der Waals surface area contributed by atoms with Crippen molar-refractivity contribution in [2.45, 2.75) is 52.7 Å². The molecule has 2 N–H and O–H groups in total. The molecule has 0 heterocycles. The fourth-order valence-corrected chi connectivity index (χ4v) is 1.09. The number of Topliss-reactive ketones (excluding diaryl/α,β-unsaturated/α-hetero) is 1. The SMILES string of the molecule is CC(C)C(=O)[C@H](N)CC(=O)OC(C)(C)C. The molecule has 0 saturated heterocycles. The van der Waals surface area contributed by atoms with Crippen molar-refractivity contribution in [3.05, 3.63) is 0 Å². The first-order valence-corrected chi connectivity index (χ1v) is 5.14. The van der Waals surface area contributed by atoms with Crippen molar-refractivity contribution in [3.8, 4) is 0 Å². The molecule has 0 amide bonds. The maximum Gasteiger partial charge on any atom is 0.308 e. The van der Waals surface area contributed by atoms with Gasteiger partial charge in [-0.15, -0.1) is 0 Å². The van der Waals surface area contributed by atoms with Crippen LogP contribution in [0, 0.1) is 5.92 Å². The van der Waals surface area contributed by atoms with Crippen LogP contribution >= 0.6 is 0 Å². The van der Waals surface area contributed by atoms with Crippen molar-refractivity contribution < 1.29 is 14.3 Å². The van der Waals surface area contributed by atoms with Crippen molar-refractivity contribution in [1.82, 2.24) is 0 Å². The number of carbonyl (C=O) groups excluding carboxylic acids is 2. The molecule has 0 unspecified atom stereocenters. The Balaban J connectivity index is 4.14. The number of ether oxygens (including phenoxy) is 1. The lowest BCUT2D eigenvalue weighted by molar-refractivity contribution is -0.156. The zero-order valence-electron chi connectivity index (χ0n) is 10.2. The topological polar surface area (TPSA) is 69.4 Å². The highest BCUT2D eigenvalue weighted by Crippen LogP contribution is 2.10. The molecule has 0 aromatic heterocycles. The normalized spacial score (nSPS) is 13.8. The Bertz CT molecular complexity index is 241. The summed E-state index contributed by atoms with van der Waals surface area (Å²) in [4.78, 5) is 22.8. The number of rotatable bonds is 4. The van der Waals surface area contributed by atoms with Crippen molar-refractivity contribution >= 4 is 11.8 Å². The van der Waals surface area contributed by atoms with Crippen molar-refractivity contribution in [2.75, 3.05) is 0 Å². The standard InChI is InChI=1S/C11H21NO3/c1-7(2)10(14)8(12)6-9(13)15-11(3,4)5/h7-8H,6,12H2,1-5H3/t8-/m1/s1. The van der Waals surface area contributed by atoms with Crippen LogP contribution < -0.4 is 5.73 Å². The third-order valence-electron chi connectivity index (χ3n) is 1.74.